The van der Waals surface area contributed by atoms with Gasteiger partial charge in [-0.3, -0.25) is 4.79 Å². The minimum atomic E-state index is -0.298. The minimum Gasteiger partial charge on any atom is -0.367 e. The monoisotopic (exact) mass is 348 g/mol. The van der Waals surface area contributed by atoms with Gasteiger partial charge in [-0.1, -0.05) is 6.92 Å². The Morgan fingerprint density at radius 2 is 1.84 bits per heavy atom. The zero-order valence-corrected chi connectivity index (χ0v) is 15.1. The van der Waals surface area contributed by atoms with Crippen molar-refractivity contribution in [3.05, 3.63) is 29.6 Å². The first-order valence-corrected chi connectivity index (χ1v) is 9.38. The molecule has 0 spiro atoms. The Bertz CT molecular complexity index is 593. The largest absolute Gasteiger partial charge is 0.367 e. The Morgan fingerprint density at radius 3 is 2.40 bits per heavy atom. The van der Waals surface area contributed by atoms with Crippen LogP contribution in [-0.4, -0.2) is 68.1 Å². The molecule has 2 N–H and O–H groups in total. The molecular formula is C19H29FN4O. The van der Waals surface area contributed by atoms with Crippen LogP contribution in [0.4, 0.5) is 10.1 Å². The third-order valence-corrected chi connectivity index (χ3v) is 5.59. The lowest BCUT2D eigenvalue weighted by Gasteiger charge is -2.35. The Labute approximate surface area is 149 Å². The predicted octanol–water partition coefficient (Wildman–Crippen LogP) is 1.78. The van der Waals surface area contributed by atoms with Gasteiger partial charge in [-0.2, -0.15) is 0 Å². The second-order valence-corrected chi connectivity index (χ2v) is 7.06. The zero-order valence-electron chi connectivity index (χ0n) is 15.1. The Kier molecular flexibility index (Phi) is 5.91. The predicted molar refractivity (Wildman–Crippen MR) is 98.4 cm³/mol. The SMILES string of the molecule is CCN1CCN(c2ccc(C(=O)N3CCC(CN)CC3)cc2F)CC1. The summed E-state index contributed by atoms with van der Waals surface area (Å²) >= 11 is 0. The summed E-state index contributed by atoms with van der Waals surface area (Å²) in [6.07, 6.45) is 1.87. The van der Waals surface area contributed by atoms with Crippen LogP contribution in [0, 0.1) is 11.7 Å². The van der Waals surface area contributed by atoms with Gasteiger partial charge < -0.3 is 20.4 Å². The van der Waals surface area contributed by atoms with E-state index in [2.05, 4.69) is 16.7 Å². The summed E-state index contributed by atoms with van der Waals surface area (Å²) in [4.78, 5) is 18.9. The first-order chi connectivity index (χ1) is 12.1. The highest BCUT2D eigenvalue weighted by atomic mass is 19.1. The summed E-state index contributed by atoms with van der Waals surface area (Å²) in [5.74, 6) is 0.134. The number of nitrogens with zero attached hydrogens (tertiary/aromatic N) is 3. The van der Waals surface area contributed by atoms with E-state index in [1.165, 1.54) is 6.07 Å². The van der Waals surface area contributed by atoms with Crippen LogP contribution in [0.15, 0.2) is 18.2 Å². The first-order valence-electron chi connectivity index (χ1n) is 9.38. The highest BCUT2D eigenvalue weighted by Crippen LogP contribution is 2.24. The Hall–Kier alpha value is -1.66. The molecule has 2 heterocycles. The van der Waals surface area contributed by atoms with Crippen LogP contribution >= 0.6 is 0 Å². The number of piperazine rings is 1. The van der Waals surface area contributed by atoms with Crippen LogP contribution < -0.4 is 10.6 Å². The molecule has 25 heavy (non-hydrogen) atoms. The van der Waals surface area contributed by atoms with Gasteiger partial charge in [-0.15, -0.1) is 0 Å². The maximum atomic E-state index is 14.6. The maximum Gasteiger partial charge on any atom is 0.253 e. The van der Waals surface area contributed by atoms with E-state index in [0.717, 1.165) is 45.6 Å². The fourth-order valence-electron chi connectivity index (χ4n) is 3.76. The van der Waals surface area contributed by atoms with Crippen molar-refractivity contribution in [2.24, 2.45) is 11.7 Å². The number of carbonyl (C=O) groups is 1. The highest BCUT2D eigenvalue weighted by Gasteiger charge is 2.24. The summed E-state index contributed by atoms with van der Waals surface area (Å²) in [5.41, 5.74) is 6.75. The number of anilines is 1. The number of nitrogens with two attached hydrogens (primary N) is 1. The number of rotatable bonds is 4. The number of amides is 1. The Balaban J connectivity index is 1.64. The fraction of sp³-hybridized carbons (Fsp3) is 0.632. The molecular weight excluding hydrogens is 319 g/mol. The molecule has 138 valence electrons. The molecule has 2 aliphatic rings. The van der Waals surface area contributed by atoms with E-state index >= 15 is 0 Å². The molecule has 3 rings (SSSR count). The van der Waals surface area contributed by atoms with Crippen molar-refractivity contribution in [2.45, 2.75) is 19.8 Å². The number of piperidine rings is 1. The van der Waals surface area contributed by atoms with Gasteiger partial charge in [-0.25, -0.2) is 4.39 Å². The van der Waals surface area contributed by atoms with Crippen LogP contribution in [0.25, 0.3) is 0 Å². The van der Waals surface area contributed by atoms with Crippen molar-refractivity contribution in [1.29, 1.82) is 0 Å². The lowest BCUT2D eigenvalue weighted by atomic mass is 9.96. The van der Waals surface area contributed by atoms with Crippen molar-refractivity contribution < 1.29 is 9.18 Å². The van der Waals surface area contributed by atoms with E-state index in [0.29, 0.717) is 36.8 Å². The van der Waals surface area contributed by atoms with E-state index in [4.69, 9.17) is 5.73 Å². The van der Waals surface area contributed by atoms with E-state index in [1.54, 1.807) is 12.1 Å². The number of likely N-dealkylation sites (N-methyl/N-ethyl adjacent to an activating group) is 1. The van der Waals surface area contributed by atoms with Gasteiger partial charge in [0.2, 0.25) is 0 Å². The van der Waals surface area contributed by atoms with E-state index < -0.39 is 0 Å². The van der Waals surface area contributed by atoms with Gasteiger partial charge in [0.25, 0.3) is 5.91 Å². The van der Waals surface area contributed by atoms with Crippen molar-refractivity contribution in [3.63, 3.8) is 0 Å². The van der Waals surface area contributed by atoms with Gasteiger partial charge >= 0.3 is 0 Å². The van der Waals surface area contributed by atoms with Gasteiger partial charge in [0.15, 0.2) is 0 Å². The molecule has 2 aliphatic heterocycles. The molecule has 6 heteroatoms. The summed E-state index contributed by atoms with van der Waals surface area (Å²) in [7, 11) is 0. The number of benzene rings is 1. The number of hydrogen-bond acceptors (Lipinski definition) is 4. The lowest BCUT2D eigenvalue weighted by molar-refractivity contribution is 0.0693. The Morgan fingerprint density at radius 1 is 1.16 bits per heavy atom. The standard InChI is InChI=1S/C19H29FN4O/c1-2-22-9-11-23(12-10-22)18-4-3-16(13-17(18)20)19(25)24-7-5-15(14-21)6-8-24/h3-4,13,15H,2,5-12,14,21H2,1H3. The average Bonchev–Trinajstić information content (AvgIpc) is 2.67. The van der Waals surface area contributed by atoms with Crippen molar-refractivity contribution in [3.8, 4) is 0 Å². The number of hydrogen-bond donors (Lipinski definition) is 1. The van der Waals surface area contributed by atoms with Crippen LogP contribution in [0.5, 0.6) is 0 Å². The molecule has 2 fully saturated rings. The molecule has 0 aromatic heterocycles. The molecule has 0 unspecified atom stereocenters. The summed E-state index contributed by atoms with van der Waals surface area (Å²) in [6.45, 7) is 8.83. The minimum absolute atomic E-state index is 0.0725. The van der Waals surface area contributed by atoms with Crippen molar-refractivity contribution in [2.75, 3.05) is 57.3 Å². The van der Waals surface area contributed by atoms with E-state index in [-0.39, 0.29) is 11.7 Å². The van der Waals surface area contributed by atoms with Gasteiger partial charge in [0.05, 0.1) is 5.69 Å². The second kappa shape index (κ2) is 8.15. The van der Waals surface area contributed by atoms with E-state index in [1.807, 2.05) is 4.90 Å². The van der Waals surface area contributed by atoms with Crippen molar-refractivity contribution >= 4 is 11.6 Å². The zero-order chi connectivity index (χ0) is 17.8. The van der Waals surface area contributed by atoms with Crippen molar-refractivity contribution in [1.82, 2.24) is 9.80 Å². The average molecular weight is 348 g/mol. The molecule has 0 aliphatic carbocycles. The molecule has 2 saturated heterocycles. The molecule has 1 aromatic carbocycles. The fourth-order valence-corrected chi connectivity index (χ4v) is 3.76. The molecule has 0 saturated carbocycles. The van der Waals surface area contributed by atoms with Crippen LogP contribution in [0.1, 0.15) is 30.1 Å². The third-order valence-electron chi connectivity index (χ3n) is 5.59. The summed E-state index contributed by atoms with van der Waals surface area (Å²) in [5, 5.41) is 0. The topological polar surface area (TPSA) is 52.8 Å². The first kappa shape index (κ1) is 18.1. The molecule has 0 bridgehead atoms. The van der Waals surface area contributed by atoms with Crippen LogP contribution in [-0.2, 0) is 0 Å². The van der Waals surface area contributed by atoms with Crippen LogP contribution in [0.2, 0.25) is 0 Å². The van der Waals surface area contributed by atoms with Gasteiger partial charge in [0, 0.05) is 44.8 Å². The summed E-state index contributed by atoms with van der Waals surface area (Å²) in [6, 6.07) is 4.93. The molecule has 1 amide bonds. The molecule has 5 nitrogen and oxygen atoms in total. The maximum absolute atomic E-state index is 14.6. The number of carbonyl (C=O) groups excluding carboxylic acids is 1. The quantitative estimate of drug-likeness (QED) is 0.901. The van der Waals surface area contributed by atoms with E-state index in [9.17, 15) is 9.18 Å². The number of halogens is 1. The number of likely N-dealkylation sites (tertiary alicyclic amines) is 1. The molecule has 0 atom stereocenters. The van der Waals surface area contributed by atoms with Crippen LogP contribution in [0.3, 0.4) is 0 Å². The molecule has 0 radical (unpaired) electrons. The normalized spacial score (nSPS) is 20.1. The lowest BCUT2D eigenvalue weighted by Crippen LogP contribution is -2.46. The van der Waals surface area contributed by atoms with Gasteiger partial charge in [0.1, 0.15) is 5.82 Å². The second-order valence-electron chi connectivity index (χ2n) is 7.06. The smallest absolute Gasteiger partial charge is 0.253 e. The third kappa shape index (κ3) is 4.12. The molecule has 1 aromatic rings. The van der Waals surface area contributed by atoms with Gasteiger partial charge in [-0.05, 0) is 50.0 Å². The summed E-state index contributed by atoms with van der Waals surface area (Å²) < 4.78 is 14.6. The highest BCUT2D eigenvalue weighted by molar-refractivity contribution is 5.94.